The highest BCUT2D eigenvalue weighted by atomic mass is 32.1. The summed E-state index contributed by atoms with van der Waals surface area (Å²) in [5.41, 5.74) is 2.23. The van der Waals surface area contributed by atoms with E-state index < -0.39 is 0 Å². The monoisotopic (exact) mass is 489 g/mol. The molecule has 4 aromatic heterocycles. The minimum absolute atomic E-state index is 0.0648. The number of nitrogens with zero attached hydrogens (tertiary/aromatic N) is 5. The Labute approximate surface area is 204 Å². The number of benzene rings is 1. The Bertz CT molecular complexity index is 1450. The van der Waals surface area contributed by atoms with Gasteiger partial charge in [-0.2, -0.15) is 9.50 Å². The highest BCUT2D eigenvalue weighted by Crippen LogP contribution is 2.41. The fourth-order valence-electron chi connectivity index (χ4n) is 4.45. The van der Waals surface area contributed by atoms with E-state index >= 15 is 0 Å². The number of rotatable bonds is 5. The molecule has 1 aliphatic rings. The lowest BCUT2D eigenvalue weighted by Crippen LogP contribution is -2.49. The third-order valence-corrected chi connectivity index (χ3v) is 7.35. The molecule has 35 heavy (non-hydrogen) atoms. The molecule has 0 radical (unpaired) electrons. The predicted octanol–water partition coefficient (Wildman–Crippen LogP) is 4.21. The molecule has 1 fully saturated rings. The molecule has 5 aromatic rings. The van der Waals surface area contributed by atoms with Crippen LogP contribution in [0.1, 0.15) is 32.6 Å². The number of carbonyl (C=O) groups is 1. The molecule has 6 rings (SSSR count). The molecule has 0 saturated carbocycles. The highest BCUT2D eigenvalue weighted by molar-refractivity contribution is 7.17. The van der Waals surface area contributed by atoms with E-state index in [1.807, 2.05) is 0 Å². The summed E-state index contributed by atoms with van der Waals surface area (Å²) in [5, 5.41) is 15.7. The average molecular weight is 490 g/mol. The standard InChI is InChI=1S/C25H23N5O4S/c1-16-6-8-17(9-7-16)20(28-10-12-29(13-11-28)23(31)19-5-3-15-34-19)21-24(32)30-25(35-21)26-22(27-30)18-4-2-14-33-18/h2-9,14-15,20,32H,10-13H2,1H3/t20-/m0/s1. The second-order valence-electron chi connectivity index (χ2n) is 8.52. The summed E-state index contributed by atoms with van der Waals surface area (Å²) >= 11 is 1.41. The Kier molecular flexibility index (Phi) is 5.39. The van der Waals surface area contributed by atoms with Gasteiger partial charge in [-0.05, 0) is 36.8 Å². The van der Waals surface area contributed by atoms with Gasteiger partial charge < -0.3 is 18.8 Å². The second-order valence-corrected chi connectivity index (χ2v) is 9.52. The van der Waals surface area contributed by atoms with E-state index in [9.17, 15) is 9.90 Å². The molecule has 0 unspecified atom stereocenters. The molecule has 1 amide bonds. The Balaban J connectivity index is 1.32. The van der Waals surface area contributed by atoms with E-state index in [0.717, 1.165) is 16.0 Å². The van der Waals surface area contributed by atoms with Gasteiger partial charge in [0.05, 0.1) is 23.4 Å². The van der Waals surface area contributed by atoms with E-state index in [4.69, 9.17) is 8.83 Å². The van der Waals surface area contributed by atoms with E-state index in [2.05, 4.69) is 46.2 Å². The molecule has 1 saturated heterocycles. The van der Waals surface area contributed by atoms with Crippen molar-refractivity contribution in [1.82, 2.24) is 24.4 Å². The van der Waals surface area contributed by atoms with Crippen LogP contribution in [0.25, 0.3) is 16.5 Å². The van der Waals surface area contributed by atoms with E-state index in [1.165, 1.54) is 22.1 Å². The maximum Gasteiger partial charge on any atom is 0.289 e. The molecule has 0 spiro atoms. The SMILES string of the molecule is Cc1ccc([C@@H](c2sc3nc(-c4ccco4)nn3c2O)N2CCN(C(=O)c3ccco3)CC2)cc1. The molecule has 1 N–H and O–H groups in total. The van der Waals surface area contributed by atoms with Gasteiger partial charge >= 0.3 is 0 Å². The Morgan fingerprint density at radius 2 is 1.77 bits per heavy atom. The van der Waals surface area contributed by atoms with Crippen molar-refractivity contribution in [1.29, 1.82) is 0 Å². The number of fused-ring (bicyclic) bond motifs is 1. The fraction of sp³-hybridized carbons (Fsp3) is 0.240. The van der Waals surface area contributed by atoms with Crippen LogP contribution in [0.3, 0.4) is 0 Å². The van der Waals surface area contributed by atoms with Crippen LogP contribution >= 0.6 is 11.3 Å². The van der Waals surface area contributed by atoms with Gasteiger partial charge in [0, 0.05) is 26.2 Å². The normalized spacial score (nSPS) is 15.6. The van der Waals surface area contributed by atoms with Crippen molar-refractivity contribution < 1.29 is 18.7 Å². The Morgan fingerprint density at radius 1 is 1.03 bits per heavy atom. The summed E-state index contributed by atoms with van der Waals surface area (Å²) in [6.45, 7) is 4.47. The van der Waals surface area contributed by atoms with Gasteiger partial charge in [0.15, 0.2) is 11.5 Å². The zero-order chi connectivity index (χ0) is 23.9. The van der Waals surface area contributed by atoms with Crippen molar-refractivity contribution in [3.8, 4) is 17.5 Å². The molecule has 0 aliphatic carbocycles. The summed E-state index contributed by atoms with van der Waals surface area (Å²) in [4.78, 5) is 22.7. The number of carbonyl (C=O) groups excluding carboxylic acids is 1. The lowest BCUT2D eigenvalue weighted by Gasteiger charge is -2.38. The lowest BCUT2D eigenvalue weighted by atomic mass is 10.0. The number of hydrogen-bond donors (Lipinski definition) is 1. The van der Waals surface area contributed by atoms with Gasteiger partial charge in [-0.15, -0.1) is 5.10 Å². The molecule has 9 nitrogen and oxygen atoms in total. The number of amides is 1. The maximum atomic E-state index is 12.7. The van der Waals surface area contributed by atoms with Gasteiger partial charge in [-0.3, -0.25) is 9.69 Å². The molecule has 10 heteroatoms. The molecular formula is C25H23N5O4S. The van der Waals surface area contributed by atoms with Crippen LogP contribution in [-0.2, 0) is 0 Å². The number of piperazine rings is 1. The number of hydrogen-bond acceptors (Lipinski definition) is 8. The summed E-state index contributed by atoms with van der Waals surface area (Å²) in [6, 6.07) is 15.1. The third-order valence-electron chi connectivity index (χ3n) is 6.28. The first-order valence-electron chi connectivity index (χ1n) is 11.3. The van der Waals surface area contributed by atoms with Gasteiger partial charge in [-0.1, -0.05) is 41.2 Å². The van der Waals surface area contributed by atoms with Gasteiger partial charge in [-0.25, -0.2) is 0 Å². The molecule has 5 heterocycles. The van der Waals surface area contributed by atoms with Gasteiger partial charge in [0.1, 0.15) is 0 Å². The van der Waals surface area contributed by atoms with Crippen LogP contribution in [0.4, 0.5) is 0 Å². The van der Waals surface area contributed by atoms with E-state index in [0.29, 0.717) is 48.5 Å². The van der Waals surface area contributed by atoms with E-state index in [1.54, 1.807) is 35.4 Å². The first kappa shape index (κ1) is 21.6. The summed E-state index contributed by atoms with van der Waals surface area (Å²) in [6.07, 6.45) is 3.08. The van der Waals surface area contributed by atoms with Crippen molar-refractivity contribution in [2.45, 2.75) is 13.0 Å². The summed E-state index contributed by atoms with van der Waals surface area (Å²) in [5.74, 6) is 1.29. The fourth-order valence-corrected chi connectivity index (χ4v) is 5.57. The van der Waals surface area contributed by atoms with Crippen molar-refractivity contribution in [2.75, 3.05) is 26.2 Å². The number of aromatic nitrogens is 3. The molecule has 178 valence electrons. The largest absolute Gasteiger partial charge is 0.492 e. The van der Waals surface area contributed by atoms with Crippen molar-refractivity contribution in [3.63, 3.8) is 0 Å². The third kappa shape index (κ3) is 3.90. The predicted molar refractivity (Wildman–Crippen MR) is 129 cm³/mol. The van der Waals surface area contributed by atoms with Crippen molar-refractivity contribution in [3.05, 3.63) is 82.8 Å². The van der Waals surface area contributed by atoms with Gasteiger partial charge in [0.25, 0.3) is 5.91 Å². The van der Waals surface area contributed by atoms with Crippen molar-refractivity contribution in [2.24, 2.45) is 0 Å². The van der Waals surface area contributed by atoms with Crippen LogP contribution < -0.4 is 0 Å². The second kappa shape index (κ2) is 8.71. The van der Waals surface area contributed by atoms with Gasteiger partial charge in [0.2, 0.25) is 16.7 Å². The minimum Gasteiger partial charge on any atom is -0.492 e. The van der Waals surface area contributed by atoms with E-state index in [-0.39, 0.29) is 17.8 Å². The zero-order valence-electron chi connectivity index (χ0n) is 19.0. The first-order chi connectivity index (χ1) is 17.1. The van der Waals surface area contributed by atoms with Crippen molar-refractivity contribution >= 4 is 22.2 Å². The minimum atomic E-state index is -0.197. The maximum absolute atomic E-state index is 12.7. The highest BCUT2D eigenvalue weighted by Gasteiger charge is 2.33. The topological polar surface area (TPSA) is 100 Å². The number of aryl methyl sites for hydroxylation is 1. The van der Waals surface area contributed by atoms with Crippen LogP contribution in [-0.4, -0.2) is 61.6 Å². The van der Waals surface area contributed by atoms with Crippen LogP contribution in [0.5, 0.6) is 5.88 Å². The molecule has 1 atom stereocenters. The quantitative estimate of drug-likeness (QED) is 0.395. The smallest absolute Gasteiger partial charge is 0.289 e. The summed E-state index contributed by atoms with van der Waals surface area (Å²) in [7, 11) is 0. The van der Waals surface area contributed by atoms with Crippen LogP contribution in [0, 0.1) is 6.92 Å². The first-order valence-corrected chi connectivity index (χ1v) is 12.2. The molecule has 0 bridgehead atoms. The molecule has 1 aromatic carbocycles. The molecule has 1 aliphatic heterocycles. The number of thiazole rings is 1. The lowest BCUT2D eigenvalue weighted by molar-refractivity contribution is 0.0568. The average Bonchev–Trinajstić information content (AvgIpc) is 3.68. The Hall–Kier alpha value is -3.89. The molecular weight excluding hydrogens is 466 g/mol. The zero-order valence-corrected chi connectivity index (χ0v) is 19.8. The number of aromatic hydroxyl groups is 1. The van der Waals surface area contributed by atoms with Crippen LogP contribution in [0.2, 0.25) is 0 Å². The summed E-state index contributed by atoms with van der Waals surface area (Å²) < 4.78 is 12.2. The number of furan rings is 2. The van der Waals surface area contributed by atoms with Crippen LogP contribution in [0.15, 0.2) is 69.9 Å². The Morgan fingerprint density at radius 3 is 2.43 bits per heavy atom.